The van der Waals surface area contributed by atoms with Crippen LogP contribution < -0.4 is 48.0 Å². The molecule has 0 atom stereocenters. The molecule has 0 saturated heterocycles. The minimum absolute atomic E-state index is 0. The minimum Gasteiger partial charge on any atom is -1.00 e. The van der Waals surface area contributed by atoms with Crippen LogP contribution in [-0.2, 0) is 9.68 Å². The van der Waals surface area contributed by atoms with Gasteiger partial charge in [0.05, 0.1) is 42.3 Å². The summed E-state index contributed by atoms with van der Waals surface area (Å²) in [4.78, 5) is 10.6. The van der Waals surface area contributed by atoms with Gasteiger partial charge in [0.1, 0.15) is 24.5 Å². The Bertz CT molecular complexity index is 314. The van der Waals surface area contributed by atoms with E-state index in [4.69, 9.17) is 9.68 Å². The first-order chi connectivity index (χ1) is 9.01. The molecule has 0 amide bonds. The fraction of sp³-hybridized carbons (Fsp3) is 0.857. The van der Waals surface area contributed by atoms with E-state index in [0.29, 0.717) is 13.2 Å². The molecule has 134 valence electrons. The van der Waals surface area contributed by atoms with E-state index < -0.39 is 0 Å². The lowest BCUT2D eigenvalue weighted by Gasteiger charge is -2.22. The second-order valence-corrected chi connectivity index (χ2v) is 7.05. The number of rotatable bonds is 9. The van der Waals surface area contributed by atoms with E-state index in [2.05, 4.69) is 52.6 Å². The molecule has 0 aromatic rings. The summed E-state index contributed by atoms with van der Waals surface area (Å²) in [6.07, 6.45) is 0. The zero-order valence-electron chi connectivity index (χ0n) is 15.2. The van der Waals surface area contributed by atoms with Gasteiger partial charge >= 0.3 is 0 Å². The Hall–Kier alpha value is 0.320. The molecule has 0 aliphatic heterocycles. The van der Waals surface area contributed by atoms with Crippen molar-refractivity contribution in [2.45, 2.75) is 13.8 Å². The summed E-state index contributed by atoms with van der Waals surface area (Å²) < 4.78 is 1.71. The number of nitrogens with zero attached hydrogens (tertiary/aromatic N) is 4. The lowest BCUT2D eigenvalue weighted by molar-refractivity contribution is -0.870. The molecule has 0 spiro atoms. The Morgan fingerprint density at radius 3 is 1.18 bits per heavy atom. The molecule has 0 aromatic heterocycles. The van der Waals surface area contributed by atoms with Gasteiger partial charge in [-0.2, -0.15) is 0 Å². The third-order valence-electron chi connectivity index (χ3n) is 2.63. The third kappa shape index (κ3) is 18.4. The molecule has 0 N–H and O–H groups in total. The molecule has 0 aliphatic carbocycles. The Morgan fingerprint density at radius 1 is 0.682 bits per heavy atom. The first-order valence-electron chi connectivity index (χ1n) is 6.96. The van der Waals surface area contributed by atoms with E-state index in [-0.39, 0.29) is 48.0 Å². The van der Waals surface area contributed by atoms with Crippen molar-refractivity contribution in [3.8, 4) is 0 Å². The standard InChI is InChI=1S/C14H32N4O2.2HI/c1-13(15-19-11-9-17(3,4)5)14(2)16-20-12-10-18(6,7)8;;/h9-12H2,1-8H3;2*1H/q+2;;/p-2/b15-13-,16-14-;;. The van der Waals surface area contributed by atoms with Crippen LogP contribution in [0.15, 0.2) is 10.3 Å². The number of likely N-dealkylation sites (N-methyl/N-ethyl adjacent to an activating group) is 2. The predicted octanol–water partition coefficient (Wildman–Crippen LogP) is -4.81. The monoisotopic (exact) mass is 542 g/mol. The maximum atomic E-state index is 5.29. The van der Waals surface area contributed by atoms with Crippen LogP contribution >= 0.6 is 0 Å². The van der Waals surface area contributed by atoms with Crippen molar-refractivity contribution in [1.29, 1.82) is 0 Å². The highest BCUT2D eigenvalue weighted by Gasteiger charge is 2.07. The highest BCUT2D eigenvalue weighted by molar-refractivity contribution is 6.40. The molecule has 0 saturated carbocycles. The highest BCUT2D eigenvalue weighted by atomic mass is 127. The topological polar surface area (TPSA) is 43.2 Å². The van der Waals surface area contributed by atoms with Gasteiger partial charge in [0.15, 0.2) is 13.2 Å². The Kier molecular flexibility index (Phi) is 15.7. The van der Waals surface area contributed by atoms with Gasteiger partial charge in [-0.1, -0.05) is 10.3 Å². The van der Waals surface area contributed by atoms with Crippen molar-refractivity contribution in [2.75, 3.05) is 68.6 Å². The van der Waals surface area contributed by atoms with Crippen LogP contribution in [0.5, 0.6) is 0 Å². The zero-order chi connectivity index (χ0) is 15.8. The van der Waals surface area contributed by atoms with Gasteiger partial charge in [-0.15, -0.1) is 0 Å². The molecule has 0 unspecified atom stereocenters. The van der Waals surface area contributed by atoms with Crippen molar-refractivity contribution in [1.82, 2.24) is 0 Å². The number of halogens is 2. The molecule has 22 heavy (non-hydrogen) atoms. The van der Waals surface area contributed by atoms with Gasteiger partial charge in [0, 0.05) is 0 Å². The van der Waals surface area contributed by atoms with Gasteiger partial charge in [0.2, 0.25) is 0 Å². The van der Waals surface area contributed by atoms with Crippen molar-refractivity contribution in [2.24, 2.45) is 10.3 Å². The molecule has 0 rings (SSSR count). The van der Waals surface area contributed by atoms with Crippen LogP contribution in [0.3, 0.4) is 0 Å². The Labute approximate surface area is 170 Å². The quantitative estimate of drug-likeness (QED) is 0.0967. The van der Waals surface area contributed by atoms with Crippen LogP contribution in [-0.4, -0.2) is 89.0 Å². The summed E-state index contributed by atoms with van der Waals surface area (Å²) in [5.41, 5.74) is 1.49. The SMILES string of the molecule is CC(=N/OCC[N+](C)(C)C)/C(C)=N\OCC[N+](C)(C)C.[I-].[I-]. The normalized spacial score (nSPS) is 13.1. The van der Waals surface area contributed by atoms with Crippen molar-refractivity contribution in [3.05, 3.63) is 0 Å². The second kappa shape index (κ2) is 12.7. The first-order valence-corrected chi connectivity index (χ1v) is 6.96. The van der Waals surface area contributed by atoms with Gasteiger partial charge in [-0.25, -0.2) is 0 Å². The molecule has 0 aromatic carbocycles. The van der Waals surface area contributed by atoms with E-state index in [1.54, 1.807) is 0 Å². The lowest BCUT2D eigenvalue weighted by atomic mass is 10.3. The molecule has 0 fully saturated rings. The highest BCUT2D eigenvalue weighted by Crippen LogP contribution is 1.94. The molecule has 0 bridgehead atoms. The Balaban J connectivity index is -0.00000180. The van der Waals surface area contributed by atoms with Gasteiger partial charge < -0.3 is 66.6 Å². The number of oxime groups is 2. The lowest BCUT2D eigenvalue weighted by Crippen LogP contribution is -3.00. The fourth-order valence-electron chi connectivity index (χ4n) is 1.05. The van der Waals surface area contributed by atoms with Crippen LogP contribution in [0, 0.1) is 0 Å². The number of quaternary nitrogens is 2. The van der Waals surface area contributed by atoms with Crippen LogP contribution in [0.1, 0.15) is 13.8 Å². The average molecular weight is 542 g/mol. The first kappa shape index (κ1) is 27.2. The summed E-state index contributed by atoms with van der Waals surface area (Å²) >= 11 is 0. The maximum absolute atomic E-state index is 5.29. The summed E-state index contributed by atoms with van der Waals surface area (Å²) in [6.45, 7) is 6.74. The third-order valence-corrected chi connectivity index (χ3v) is 2.63. The van der Waals surface area contributed by atoms with Crippen molar-refractivity contribution in [3.63, 3.8) is 0 Å². The van der Waals surface area contributed by atoms with Gasteiger partial charge in [-0.05, 0) is 13.8 Å². The predicted molar refractivity (Wildman–Crippen MR) is 83.9 cm³/mol. The average Bonchev–Trinajstić information content (AvgIpc) is 2.27. The number of hydrogen-bond acceptors (Lipinski definition) is 4. The summed E-state index contributed by atoms with van der Waals surface area (Å²) in [6, 6.07) is 0. The smallest absolute Gasteiger partial charge is 0.165 e. The van der Waals surface area contributed by atoms with Crippen LogP contribution in [0.4, 0.5) is 0 Å². The Morgan fingerprint density at radius 2 is 0.955 bits per heavy atom. The van der Waals surface area contributed by atoms with Gasteiger partial charge in [-0.3, -0.25) is 0 Å². The van der Waals surface area contributed by atoms with Gasteiger partial charge in [0.25, 0.3) is 0 Å². The van der Waals surface area contributed by atoms with E-state index in [1.165, 1.54) is 0 Å². The van der Waals surface area contributed by atoms with Crippen LogP contribution in [0.2, 0.25) is 0 Å². The minimum atomic E-state index is 0. The maximum Gasteiger partial charge on any atom is 0.165 e. The van der Waals surface area contributed by atoms with E-state index in [0.717, 1.165) is 33.5 Å². The molecule has 0 heterocycles. The molecule has 8 heteroatoms. The van der Waals surface area contributed by atoms with E-state index in [1.807, 2.05) is 13.8 Å². The van der Waals surface area contributed by atoms with Crippen molar-refractivity contribution >= 4 is 11.4 Å². The largest absolute Gasteiger partial charge is 1.00 e. The van der Waals surface area contributed by atoms with E-state index in [9.17, 15) is 0 Å². The fourth-order valence-corrected chi connectivity index (χ4v) is 1.05. The second-order valence-electron chi connectivity index (χ2n) is 7.05. The summed E-state index contributed by atoms with van der Waals surface area (Å²) in [7, 11) is 12.7. The van der Waals surface area contributed by atoms with E-state index >= 15 is 0 Å². The summed E-state index contributed by atoms with van der Waals surface area (Å²) in [5.74, 6) is 0. The molecule has 0 radical (unpaired) electrons. The number of hydrogen-bond donors (Lipinski definition) is 0. The summed E-state index contributed by atoms with van der Waals surface area (Å²) in [5, 5.41) is 8.09. The molecular formula is C14H32I2N4O2. The zero-order valence-corrected chi connectivity index (χ0v) is 19.5. The molecular weight excluding hydrogens is 510 g/mol. The molecule has 0 aliphatic rings. The molecule has 6 nitrogen and oxygen atoms in total. The van der Waals surface area contributed by atoms with Crippen LogP contribution in [0.25, 0.3) is 0 Å². The van der Waals surface area contributed by atoms with Crippen molar-refractivity contribution < 1.29 is 66.6 Å².